The monoisotopic (exact) mass is 271 g/mol. The lowest BCUT2D eigenvalue weighted by Gasteiger charge is -2.32. The predicted octanol–water partition coefficient (Wildman–Crippen LogP) is 2.76. The van der Waals surface area contributed by atoms with Gasteiger partial charge in [0.15, 0.2) is 5.96 Å². The molecule has 2 fully saturated rings. The van der Waals surface area contributed by atoms with E-state index in [0.29, 0.717) is 0 Å². The molecule has 1 aromatic carbocycles. The van der Waals surface area contributed by atoms with Gasteiger partial charge in [-0.3, -0.25) is 4.99 Å². The second-order valence-electron chi connectivity index (χ2n) is 6.51. The molecule has 0 amide bonds. The number of nitrogens with two attached hydrogens (primary N) is 1. The maximum absolute atomic E-state index is 6.20. The number of nitrogens with zero attached hydrogens (tertiary/aromatic N) is 2. The van der Waals surface area contributed by atoms with Crippen molar-refractivity contribution in [3.05, 3.63) is 35.9 Å². The van der Waals surface area contributed by atoms with Gasteiger partial charge in [-0.15, -0.1) is 0 Å². The van der Waals surface area contributed by atoms with Gasteiger partial charge in [0.1, 0.15) is 0 Å². The molecule has 1 atom stereocenters. The minimum atomic E-state index is 0.271. The molecule has 1 aliphatic heterocycles. The van der Waals surface area contributed by atoms with Gasteiger partial charge in [0.2, 0.25) is 0 Å². The summed E-state index contributed by atoms with van der Waals surface area (Å²) in [4.78, 5) is 6.97. The van der Waals surface area contributed by atoms with Crippen LogP contribution in [0.3, 0.4) is 0 Å². The second kappa shape index (κ2) is 5.47. The third-order valence-electron chi connectivity index (χ3n) is 4.76. The van der Waals surface area contributed by atoms with E-state index in [4.69, 9.17) is 10.7 Å². The number of hydrogen-bond donors (Lipinski definition) is 1. The Morgan fingerprint density at radius 2 is 2.10 bits per heavy atom. The van der Waals surface area contributed by atoms with Gasteiger partial charge in [-0.2, -0.15) is 0 Å². The van der Waals surface area contributed by atoms with Crippen molar-refractivity contribution >= 4 is 5.96 Å². The van der Waals surface area contributed by atoms with Crippen molar-refractivity contribution in [1.82, 2.24) is 4.90 Å². The highest BCUT2D eigenvalue weighted by Gasteiger charge is 2.44. The van der Waals surface area contributed by atoms with Crippen LogP contribution in [0.15, 0.2) is 35.3 Å². The molecule has 0 bridgehead atoms. The van der Waals surface area contributed by atoms with Crippen molar-refractivity contribution in [1.29, 1.82) is 0 Å². The van der Waals surface area contributed by atoms with Gasteiger partial charge in [0.05, 0.1) is 6.54 Å². The molecule has 3 nitrogen and oxygen atoms in total. The molecule has 1 unspecified atom stereocenters. The normalized spacial score (nSPS) is 25.6. The number of hydrogen-bond acceptors (Lipinski definition) is 1. The van der Waals surface area contributed by atoms with Crippen LogP contribution in [-0.4, -0.2) is 30.5 Å². The zero-order chi connectivity index (χ0) is 14.0. The first kappa shape index (κ1) is 13.5. The Balaban J connectivity index is 1.65. The minimum Gasteiger partial charge on any atom is -0.370 e. The summed E-state index contributed by atoms with van der Waals surface area (Å²) in [6, 6.07) is 10.8. The standard InChI is InChI=1S/C17H25N3/c1-14-6-5-11-20(12-14)16(18)19-13-17(9-10-17)15-7-3-2-4-8-15/h2-4,7-8,14H,5-6,9-13H2,1H3,(H2,18,19). The molecule has 3 heteroatoms. The van der Waals surface area contributed by atoms with Crippen molar-refractivity contribution in [3.8, 4) is 0 Å². The number of guanidine groups is 1. The quantitative estimate of drug-likeness (QED) is 0.678. The van der Waals surface area contributed by atoms with Crippen molar-refractivity contribution < 1.29 is 0 Å². The second-order valence-corrected chi connectivity index (χ2v) is 6.51. The SMILES string of the molecule is CC1CCCN(C(N)=NCC2(c3ccccc3)CC2)C1. The summed E-state index contributed by atoms with van der Waals surface area (Å²) in [7, 11) is 0. The molecule has 20 heavy (non-hydrogen) atoms. The first-order chi connectivity index (χ1) is 9.70. The molecule has 3 rings (SSSR count). The topological polar surface area (TPSA) is 41.6 Å². The van der Waals surface area contributed by atoms with Crippen LogP contribution in [0.2, 0.25) is 0 Å². The molecular formula is C17H25N3. The summed E-state index contributed by atoms with van der Waals surface area (Å²) >= 11 is 0. The van der Waals surface area contributed by atoms with Crippen LogP contribution in [0.5, 0.6) is 0 Å². The molecule has 2 N–H and O–H groups in total. The molecule has 0 spiro atoms. The Kier molecular flexibility index (Phi) is 3.68. The lowest BCUT2D eigenvalue weighted by atomic mass is 9.96. The molecule has 1 saturated carbocycles. The van der Waals surface area contributed by atoms with Crippen LogP contribution >= 0.6 is 0 Å². The predicted molar refractivity (Wildman–Crippen MR) is 83.8 cm³/mol. The Hall–Kier alpha value is -1.51. The third kappa shape index (κ3) is 2.82. The highest BCUT2D eigenvalue weighted by Crippen LogP contribution is 2.48. The minimum absolute atomic E-state index is 0.271. The van der Waals surface area contributed by atoms with E-state index in [1.165, 1.54) is 31.2 Å². The highest BCUT2D eigenvalue weighted by atomic mass is 15.3. The van der Waals surface area contributed by atoms with Gasteiger partial charge in [0.25, 0.3) is 0 Å². The third-order valence-corrected chi connectivity index (χ3v) is 4.76. The first-order valence-electron chi connectivity index (χ1n) is 7.80. The molecule has 1 saturated heterocycles. The largest absolute Gasteiger partial charge is 0.370 e. The van der Waals surface area contributed by atoms with Crippen molar-refractivity contribution in [2.24, 2.45) is 16.6 Å². The lowest BCUT2D eigenvalue weighted by molar-refractivity contribution is 0.270. The highest BCUT2D eigenvalue weighted by molar-refractivity contribution is 5.78. The summed E-state index contributed by atoms with van der Waals surface area (Å²) in [5, 5.41) is 0. The smallest absolute Gasteiger partial charge is 0.191 e. The van der Waals surface area contributed by atoms with Gasteiger partial charge in [-0.25, -0.2) is 0 Å². The summed E-state index contributed by atoms with van der Waals surface area (Å²) in [6.45, 7) is 5.27. The van der Waals surface area contributed by atoms with Crippen molar-refractivity contribution in [3.63, 3.8) is 0 Å². The molecule has 1 aliphatic carbocycles. The van der Waals surface area contributed by atoms with E-state index in [1.54, 1.807) is 0 Å². The Morgan fingerprint density at radius 3 is 2.75 bits per heavy atom. The van der Waals surface area contributed by atoms with Gasteiger partial charge in [-0.1, -0.05) is 37.3 Å². The zero-order valence-corrected chi connectivity index (χ0v) is 12.4. The van der Waals surface area contributed by atoms with Crippen LogP contribution in [0.1, 0.15) is 38.2 Å². The fourth-order valence-corrected chi connectivity index (χ4v) is 3.21. The number of likely N-dealkylation sites (tertiary alicyclic amines) is 1. The summed E-state index contributed by atoms with van der Waals surface area (Å²) in [5.74, 6) is 1.49. The summed E-state index contributed by atoms with van der Waals surface area (Å²) < 4.78 is 0. The molecule has 0 radical (unpaired) electrons. The molecular weight excluding hydrogens is 246 g/mol. The average molecular weight is 271 g/mol. The molecule has 0 aromatic heterocycles. The Bertz CT molecular complexity index is 476. The maximum atomic E-state index is 6.20. The Morgan fingerprint density at radius 1 is 1.35 bits per heavy atom. The maximum Gasteiger partial charge on any atom is 0.191 e. The fourth-order valence-electron chi connectivity index (χ4n) is 3.21. The molecule has 1 heterocycles. The Labute approximate surface area is 121 Å². The average Bonchev–Trinajstić information content (AvgIpc) is 3.27. The van der Waals surface area contributed by atoms with Crippen molar-refractivity contribution in [2.75, 3.05) is 19.6 Å². The van der Waals surface area contributed by atoms with Gasteiger partial charge < -0.3 is 10.6 Å². The molecule has 2 aliphatic rings. The van der Waals surface area contributed by atoms with E-state index in [1.807, 2.05) is 0 Å². The van der Waals surface area contributed by atoms with Crippen LogP contribution in [0, 0.1) is 5.92 Å². The number of rotatable bonds is 3. The van der Waals surface area contributed by atoms with Crippen LogP contribution in [0.4, 0.5) is 0 Å². The number of benzene rings is 1. The van der Waals surface area contributed by atoms with E-state index in [9.17, 15) is 0 Å². The number of aliphatic imine (C=N–C) groups is 1. The summed E-state index contributed by atoms with van der Waals surface area (Å²) in [5.41, 5.74) is 7.89. The van der Waals surface area contributed by atoms with E-state index in [2.05, 4.69) is 42.2 Å². The van der Waals surface area contributed by atoms with Gasteiger partial charge in [-0.05, 0) is 37.2 Å². The fraction of sp³-hybridized carbons (Fsp3) is 0.588. The van der Waals surface area contributed by atoms with Gasteiger partial charge in [0, 0.05) is 18.5 Å². The van der Waals surface area contributed by atoms with Crippen LogP contribution in [-0.2, 0) is 5.41 Å². The number of piperidine rings is 1. The van der Waals surface area contributed by atoms with Crippen LogP contribution in [0.25, 0.3) is 0 Å². The zero-order valence-electron chi connectivity index (χ0n) is 12.4. The van der Waals surface area contributed by atoms with E-state index in [0.717, 1.165) is 31.5 Å². The van der Waals surface area contributed by atoms with E-state index in [-0.39, 0.29) is 5.41 Å². The van der Waals surface area contributed by atoms with Gasteiger partial charge >= 0.3 is 0 Å². The van der Waals surface area contributed by atoms with Crippen molar-refractivity contribution in [2.45, 2.75) is 38.0 Å². The lowest BCUT2D eigenvalue weighted by Crippen LogP contribution is -2.43. The first-order valence-corrected chi connectivity index (χ1v) is 7.80. The molecule has 108 valence electrons. The van der Waals surface area contributed by atoms with E-state index < -0.39 is 0 Å². The summed E-state index contributed by atoms with van der Waals surface area (Å²) in [6.07, 6.45) is 5.04. The molecule has 1 aromatic rings. The van der Waals surface area contributed by atoms with Crippen LogP contribution < -0.4 is 5.73 Å². The van der Waals surface area contributed by atoms with E-state index >= 15 is 0 Å².